The van der Waals surface area contributed by atoms with Crippen molar-refractivity contribution in [3.8, 4) is 11.5 Å². The van der Waals surface area contributed by atoms with Crippen LogP contribution >= 0.6 is 0 Å². The van der Waals surface area contributed by atoms with Crippen LogP contribution in [0.1, 0.15) is 10.5 Å². The van der Waals surface area contributed by atoms with E-state index in [0.717, 1.165) is 5.69 Å². The summed E-state index contributed by atoms with van der Waals surface area (Å²) in [4.78, 5) is 19.1. The van der Waals surface area contributed by atoms with E-state index in [2.05, 4.69) is 15.3 Å². The van der Waals surface area contributed by atoms with Gasteiger partial charge in [-0.05, 0) is 30.3 Å². The maximum atomic E-state index is 11.0. The van der Waals surface area contributed by atoms with Crippen molar-refractivity contribution in [3.05, 3.63) is 72.6 Å². The van der Waals surface area contributed by atoms with Gasteiger partial charge < -0.3 is 19.6 Å². The monoisotopic (exact) mass is 347 g/mol. The van der Waals surface area contributed by atoms with E-state index >= 15 is 0 Å². The Hall–Kier alpha value is -3.87. The lowest BCUT2D eigenvalue weighted by Gasteiger charge is -2.05. The molecule has 26 heavy (non-hydrogen) atoms. The normalized spacial score (nSPS) is 10.6. The highest BCUT2D eigenvalue weighted by Crippen LogP contribution is 2.28. The number of anilines is 2. The quantitative estimate of drug-likeness (QED) is 0.550. The van der Waals surface area contributed by atoms with Crippen LogP contribution in [0.3, 0.4) is 0 Å². The molecule has 2 aromatic heterocycles. The van der Waals surface area contributed by atoms with Gasteiger partial charge in [0.05, 0.1) is 0 Å². The van der Waals surface area contributed by atoms with Crippen molar-refractivity contribution >= 4 is 28.8 Å². The summed E-state index contributed by atoms with van der Waals surface area (Å²) in [5.74, 6) is -0.237. The molecule has 0 saturated carbocycles. The summed E-state index contributed by atoms with van der Waals surface area (Å²) >= 11 is 0. The van der Waals surface area contributed by atoms with Crippen molar-refractivity contribution in [2.45, 2.75) is 0 Å². The molecule has 4 rings (SSSR count). The lowest BCUT2D eigenvalue weighted by molar-refractivity contribution is 0.0690. The molecule has 4 aromatic rings. The van der Waals surface area contributed by atoms with Crippen molar-refractivity contribution in [2.75, 3.05) is 5.32 Å². The van der Waals surface area contributed by atoms with Gasteiger partial charge in [-0.2, -0.15) is 4.98 Å². The molecule has 0 fully saturated rings. The highest BCUT2D eigenvalue weighted by atomic mass is 16.5. The molecule has 2 N–H and O–H groups in total. The summed E-state index contributed by atoms with van der Waals surface area (Å²) in [5, 5.41) is 12.1. The fourth-order valence-electron chi connectivity index (χ4n) is 2.39. The number of carbonyl (C=O) groups is 1. The van der Waals surface area contributed by atoms with Crippen LogP contribution in [0, 0.1) is 0 Å². The van der Waals surface area contributed by atoms with Crippen molar-refractivity contribution in [2.24, 2.45) is 0 Å². The van der Waals surface area contributed by atoms with E-state index < -0.39 is 5.97 Å². The number of hydrogen-bond donors (Lipinski definition) is 2. The van der Waals surface area contributed by atoms with Crippen LogP contribution in [-0.2, 0) is 0 Å². The Morgan fingerprint density at radius 1 is 1.04 bits per heavy atom. The number of carboxylic acids is 1. The molecular formula is C19H13N3O4. The molecule has 0 aliphatic carbocycles. The predicted molar refractivity (Wildman–Crippen MR) is 95.0 cm³/mol. The first-order valence-corrected chi connectivity index (χ1v) is 7.77. The van der Waals surface area contributed by atoms with Crippen LogP contribution in [0.5, 0.6) is 11.5 Å². The van der Waals surface area contributed by atoms with Crippen LogP contribution in [0.4, 0.5) is 11.7 Å². The van der Waals surface area contributed by atoms with Crippen LogP contribution in [0.15, 0.2) is 71.3 Å². The molecule has 0 saturated heterocycles. The van der Waals surface area contributed by atoms with Crippen LogP contribution in [0.25, 0.3) is 11.1 Å². The third kappa shape index (κ3) is 3.32. The average molecular weight is 347 g/mol. The van der Waals surface area contributed by atoms with Gasteiger partial charge in [-0.3, -0.25) is 0 Å². The molecule has 2 heterocycles. The van der Waals surface area contributed by atoms with Gasteiger partial charge in [0.15, 0.2) is 11.3 Å². The van der Waals surface area contributed by atoms with Gasteiger partial charge in [0, 0.05) is 24.0 Å². The Morgan fingerprint density at radius 2 is 1.85 bits per heavy atom. The molecule has 0 aliphatic rings. The molecule has 0 unspecified atom stereocenters. The zero-order valence-electron chi connectivity index (χ0n) is 13.4. The fourth-order valence-corrected chi connectivity index (χ4v) is 2.39. The molecule has 7 heteroatoms. The lowest BCUT2D eigenvalue weighted by Crippen LogP contribution is -1.99. The molecule has 128 valence electrons. The number of aromatic nitrogens is 2. The number of aromatic carboxylic acids is 1. The number of pyridine rings is 1. The van der Waals surface area contributed by atoms with Crippen LogP contribution in [-0.4, -0.2) is 21.0 Å². The first-order valence-electron chi connectivity index (χ1n) is 7.77. The summed E-state index contributed by atoms with van der Waals surface area (Å²) in [7, 11) is 0. The number of carboxylic acid groups (broad SMARTS) is 1. The SMILES string of the molecule is O=C(O)c1cc(Oc2ccc3nc(Nc4ccccc4)oc3c2)ccn1. The zero-order chi connectivity index (χ0) is 17.9. The van der Waals surface area contributed by atoms with E-state index in [4.69, 9.17) is 14.3 Å². The minimum atomic E-state index is -1.11. The van der Waals surface area contributed by atoms with E-state index in [0.29, 0.717) is 28.6 Å². The lowest BCUT2D eigenvalue weighted by atomic mass is 10.3. The topological polar surface area (TPSA) is 97.5 Å². The van der Waals surface area contributed by atoms with Crippen molar-refractivity contribution in [3.63, 3.8) is 0 Å². The first-order chi connectivity index (χ1) is 12.7. The van der Waals surface area contributed by atoms with Gasteiger partial charge in [0.2, 0.25) is 0 Å². The van der Waals surface area contributed by atoms with Crippen molar-refractivity contribution in [1.82, 2.24) is 9.97 Å². The van der Waals surface area contributed by atoms with E-state index in [1.54, 1.807) is 24.3 Å². The number of nitrogens with one attached hydrogen (secondary N) is 1. The Balaban J connectivity index is 1.57. The standard InChI is InChI=1S/C19H13N3O4/c23-18(24)16-10-14(8-9-20-16)25-13-6-7-15-17(11-13)26-19(22-15)21-12-4-2-1-3-5-12/h1-11H,(H,21,22)(H,23,24). The Bertz CT molecular complexity index is 1080. The van der Waals surface area contributed by atoms with Crippen molar-refractivity contribution in [1.29, 1.82) is 0 Å². The van der Waals surface area contributed by atoms with Gasteiger partial charge >= 0.3 is 5.97 Å². The summed E-state index contributed by atoms with van der Waals surface area (Å²) in [6.45, 7) is 0. The van der Waals surface area contributed by atoms with Crippen LogP contribution in [0.2, 0.25) is 0 Å². The van der Waals surface area contributed by atoms with Gasteiger partial charge in [-0.1, -0.05) is 18.2 Å². The largest absolute Gasteiger partial charge is 0.477 e. The highest BCUT2D eigenvalue weighted by Gasteiger charge is 2.10. The summed E-state index contributed by atoms with van der Waals surface area (Å²) < 4.78 is 11.4. The number of rotatable bonds is 5. The molecule has 0 radical (unpaired) electrons. The second kappa shape index (κ2) is 6.56. The fraction of sp³-hybridized carbons (Fsp3) is 0. The van der Waals surface area contributed by atoms with E-state index in [1.807, 2.05) is 30.3 Å². The minimum Gasteiger partial charge on any atom is -0.477 e. The highest BCUT2D eigenvalue weighted by molar-refractivity contribution is 5.85. The van der Waals surface area contributed by atoms with Gasteiger partial charge in [0.25, 0.3) is 6.01 Å². The third-order valence-electron chi connectivity index (χ3n) is 3.57. The van der Waals surface area contributed by atoms with Gasteiger partial charge in [0.1, 0.15) is 17.0 Å². The molecule has 0 bridgehead atoms. The molecule has 0 amide bonds. The molecule has 0 atom stereocenters. The molecule has 2 aromatic carbocycles. The average Bonchev–Trinajstić information content (AvgIpc) is 3.04. The van der Waals surface area contributed by atoms with E-state index in [1.165, 1.54) is 12.3 Å². The number of nitrogens with zero attached hydrogens (tertiary/aromatic N) is 2. The number of para-hydroxylation sites is 1. The summed E-state index contributed by atoms with van der Waals surface area (Å²) in [5.41, 5.74) is 2.01. The first kappa shape index (κ1) is 15.6. The van der Waals surface area contributed by atoms with Crippen molar-refractivity contribution < 1.29 is 19.1 Å². The van der Waals surface area contributed by atoms with Gasteiger partial charge in [-0.15, -0.1) is 0 Å². The molecule has 0 aliphatic heterocycles. The number of benzene rings is 2. The number of hydrogen-bond acceptors (Lipinski definition) is 6. The maximum Gasteiger partial charge on any atom is 0.354 e. The predicted octanol–water partition coefficient (Wildman–Crippen LogP) is 4.46. The third-order valence-corrected chi connectivity index (χ3v) is 3.57. The van der Waals surface area contributed by atoms with Gasteiger partial charge in [-0.25, -0.2) is 9.78 Å². The Morgan fingerprint density at radius 3 is 2.65 bits per heavy atom. The second-order valence-electron chi connectivity index (χ2n) is 5.42. The maximum absolute atomic E-state index is 11.0. The Labute approximate surface area is 147 Å². The number of oxazole rings is 1. The number of ether oxygens (including phenoxy) is 1. The smallest absolute Gasteiger partial charge is 0.354 e. The second-order valence-corrected chi connectivity index (χ2v) is 5.42. The Kier molecular flexibility index (Phi) is 3.95. The van der Waals surface area contributed by atoms with Crippen LogP contribution < -0.4 is 10.1 Å². The van der Waals surface area contributed by atoms with E-state index in [-0.39, 0.29) is 5.69 Å². The summed E-state index contributed by atoms with van der Waals surface area (Å²) in [6, 6.07) is 18.1. The minimum absolute atomic E-state index is 0.0856. The summed E-state index contributed by atoms with van der Waals surface area (Å²) in [6.07, 6.45) is 1.38. The molecule has 0 spiro atoms. The number of fused-ring (bicyclic) bond motifs is 1. The molecular weight excluding hydrogens is 334 g/mol. The van der Waals surface area contributed by atoms with E-state index in [9.17, 15) is 4.79 Å². The molecule has 7 nitrogen and oxygen atoms in total. The zero-order valence-corrected chi connectivity index (χ0v) is 13.4.